The molecular weight excluding hydrogens is 206 g/mol. The number of nitrogens with two attached hydrogens (primary N) is 1. The summed E-state index contributed by atoms with van der Waals surface area (Å²) in [7, 11) is 1.43. The Morgan fingerprint density at radius 1 is 1.64 bits per heavy atom. The zero-order valence-electron chi connectivity index (χ0n) is 7.53. The molecule has 3 N–H and O–H groups in total. The van der Waals surface area contributed by atoms with Crippen molar-refractivity contribution < 1.29 is 14.6 Å². The van der Waals surface area contributed by atoms with Gasteiger partial charge in [-0.1, -0.05) is 11.6 Å². The molecule has 0 heterocycles. The molecule has 1 aromatic carbocycles. The van der Waals surface area contributed by atoms with Gasteiger partial charge in [0.1, 0.15) is 5.75 Å². The maximum atomic E-state index is 10.8. The second-order valence-corrected chi connectivity index (χ2v) is 3.13. The van der Waals surface area contributed by atoms with Crippen LogP contribution in [-0.2, 0) is 4.79 Å². The molecule has 1 aromatic rings. The number of halogens is 1. The van der Waals surface area contributed by atoms with Crippen LogP contribution in [0.1, 0.15) is 11.7 Å². The van der Waals surface area contributed by atoms with Gasteiger partial charge in [-0.2, -0.15) is 0 Å². The van der Waals surface area contributed by atoms with Crippen molar-refractivity contribution in [2.45, 2.75) is 6.10 Å². The quantitative estimate of drug-likeness (QED) is 0.786. The first-order valence-corrected chi connectivity index (χ1v) is 4.25. The Hall–Kier alpha value is -1.26. The monoisotopic (exact) mass is 215 g/mol. The highest BCUT2D eigenvalue weighted by molar-refractivity contribution is 6.30. The normalized spacial score (nSPS) is 12.2. The summed E-state index contributed by atoms with van der Waals surface area (Å²) in [6.45, 7) is 0. The van der Waals surface area contributed by atoms with Crippen LogP contribution in [0, 0.1) is 0 Å². The van der Waals surface area contributed by atoms with Gasteiger partial charge in [0.15, 0.2) is 6.10 Å². The highest BCUT2D eigenvalue weighted by atomic mass is 35.5. The molecule has 0 bridgehead atoms. The number of benzene rings is 1. The molecule has 1 atom stereocenters. The second-order valence-electron chi connectivity index (χ2n) is 2.69. The number of ether oxygens (including phenoxy) is 1. The molecule has 4 nitrogen and oxygen atoms in total. The molecule has 0 radical (unpaired) electrons. The van der Waals surface area contributed by atoms with E-state index in [4.69, 9.17) is 22.1 Å². The average Bonchev–Trinajstić information content (AvgIpc) is 2.16. The van der Waals surface area contributed by atoms with Gasteiger partial charge in [-0.3, -0.25) is 4.79 Å². The maximum Gasteiger partial charge on any atom is 0.251 e. The third-order valence-corrected chi connectivity index (χ3v) is 1.99. The second kappa shape index (κ2) is 4.30. The fraction of sp³-hybridized carbons (Fsp3) is 0.222. The minimum Gasteiger partial charge on any atom is -0.496 e. The SMILES string of the molecule is COc1ccc(Cl)cc1[C@H](O)C(N)=O. The highest BCUT2D eigenvalue weighted by Crippen LogP contribution is 2.27. The molecule has 1 amide bonds. The maximum absolute atomic E-state index is 10.8. The van der Waals surface area contributed by atoms with E-state index in [9.17, 15) is 9.90 Å². The largest absolute Gasteiger partial charge is 0.496 e. The molecule has 14 heavy (non-hydrogen) atoms. The summed E-state index contributed by atoms with van der Waals surface area (Å²) >= 11 is 5.70. The van der Waals surface area contributed by atoms with E-state index in [0.29, 0.717) is 10.8 Å². The predicted octanol–water partition coefficient (Wildman–Crippen LogP) is 0.867. The third kappa shape index (κ3) is 2.16. The van der Waals surface area contributed by atoms with Crippen LogP contribution in [0.4, 0.5) is 0 Å². The zero-order chi connectivity index (χ0) is 10.7. The van der Waals surface area contributed by atoms with E-state index in [0.717, 1.165) is 0 Å². The summed E-state index contributed by atoms with van der Waals surface area (Å²) in [5, 5.41) is 9.82. The lowest BCUT2D eigenvalue weighted by molar-refractivity contribution is -0.126. The minimum atomic E-state index is -1.40. The van der Waals surface area contributed by atoms with Crippen LogP contribution in [0.15, 0.2) is 18.2 Å². The molecule has 0 fully saturated rings. The third-order valence-electron chi connectivity index (χ3n) is 1.76. The van der Waals surface area contributed by atoms with Gasteiger partial charge in [-0.15, -0.1) is 0 Å². The van der Waals surface area contributed by atoms with Crippen molar-refractivity contribution in [1.82, 2.24) is 0 Å². The Morgan fingerprint density at radius 3 is 2.79 bits per heavy atom. The summed E-state index contributed by atoms with van der Waals surface area (Å²) < 4.78 is 4.95. The van der Waals surface area contributed by atoms with Crippen molar-refractivity contribution >= 4 is 17.5 Å². The number of primary amides is 1. The Kier molecular flexibility index (Phi) is 3.33. The number of amides is 1. The molecule has 0 aliphatic heterocycles. The van der Waals surface area contributed by atoms with Crippen LogP contribution in [0.5, 0.6) is 5.75 Å². The standard InChI is InChI=1S/C9H10ClNO3/c1-14-7-3-2-5(10)4-6(7)8(12)9(11)13/h2-4,8,12H,1H3,(H2,11,13)/t8-/m0/s1. The number of methoxy groups -OCH3 is 1. The van der Waals surface area contributed by atoms with Gasteiger partial charge in [0.05, 0.1) is 7.11 Å². The van der Waals surface area contributed by atoms with Gasteiger partial charge in [-0.05, 0) is 18.2 Å². The molecule has 5 heteroatoms. The fourth-order valence-corrected chi connectivity index (χ4v) is 1.25. The molecule has 0 saturated heterocycles. The lowest BCUT2D eigenvalue weighted by Gasteiger charge is -2.11. The summed E-state index contributed by atoms with van der Waals surface area (Å²) in [6.07, 6.45) is -1.40. The summed E-state index contributed by atoms with van der Waals surface area (Å²) in [5.41, 5.74) is 5.22. The van der Waals surface area contributed by atoms with Gasteiger partial charge >= 0.3 is 0 Å². The number of rotatable bonds is 3. The number of hydrogen-bond acceptors (Lipinski definition) is 3. The molecule has 0 aliphatic rings. The van der Waals surface area contributed by atoms with Crippen molar-refractivity contribution in [3.05, 3.63) is 28.8 Å². The highest BCUT2D eigenvalue weighted by Gasteiger charge is 2.18. The Balaban J connectivity index is 3.16. The fourth-order valence-electron chi connectivity index (χ4n) is 1.07. The lowest BCUT2D eigenvalue weighted by atomic mass is 10.1. The van der Waals surface area contributed by atoms with Crippen molar-refractivity contribution in [2.75, 3.05) is 7.11 Å². The molecule has 0 aliphatic carbocycles. The van der Waals surface area contributed by atoms with Crippen molar-refractivity contribution in [3.63, 3.8) is 0 Å². The van der Waals surface area contributed by atoms with Gasteiger partial charge < -0.3 is 15.6 Å². The molecule has 0 unspecified atom stereocenters. The van der Waals surface area contributed by atoms with E-state index >= 15 is 0 Å². The van der Waals surface area contributed by atoms with Gasteiger partial charge in [0, 0.05) is 10.6 Å². The lowest BCUT2D eigenvalue weighted by Crippen LogP contribution is -2.21. The molecule has 1 rings (SSSR count). The topological polar surface area (TPSA) is 72.6 Å². The smallest absolute Gasteiger partial charge is 0.251 e. The predicted molar refractivity (Wildman–Crippen MR) is 52.2 cm³/mol. The number of carbonyl (C=O) groups is 1. The van der Waals surface area contributed by atoms with E-state index in [1.165, 1.54) is 13.2 Å². The van der Waals surface area contributed by atoms with E-state index in [2.05, 4.69) is 0 Å². The van der Waals surface area contributed by atoms with Gasteiger partial charge in [0.2, 0.25) is 0 Å². The Labute approximate surface area is 86.2 Å². The van der Waals surface area contributed by atoms with Crippen molar-refractivity contribution in [3.8, 4) is 5.75 Å². The van der Waals surface area contributed by atoms with E-state index < -0.39 is 12.0 Å². The average molecular weight is 216 g/mol. The molecule has 0 spiro atoms. The molecule has 0 saturated carbocycles. The van der Waals surface area contributed by atoms with E-state index in [1.807, 2.05) is 0 Å². The minimum absolute atomic E-state index is 0.271. The van der Waals surface area contributed by atoms with Crippen LogP contribution in [0.2, 0.25) is 5.02 Å². The van der Waals surface area contributed by atoms with Crippen LogP contribution in [0.25, 0.3) is 0 Å². The summed E-state index contributed by atoms with van der Waals surface area (Å²) in [6, 6.07) is 4.59. The number of aliphatic hydroxyl groups is 1. The number of hydrogen-bond donors (Lipinski definition) is 2. The van der Waals surface area contributed by atoms with Crippen molar-refractivity contribution in [2.24, 2.45) is 5.73 Å². The molecule has 76 valence electrons. The van der Waals surface area contributed by atoms with E-state index in [-0.39, 0.29) is 5.56 Å². The van der Waals surface area contributed by atoms with Crippen molar-refractivity contribution in [1.29, 1.82) is 0 Å². The summed E-state index contributed by atoms with van der Waals surface area (Å²) in [4.78, 5) is 10.8. The molecule has 0 aromatic heterocycles. The zero-order valence-corrected chi connectivity index (χ0v) is 8.28. The van der Waals surface area contributed by atoms with E-state index in [1.54, 1.807) is 12.1 Å². The first kappa shape index (κ1) is 10.8. The summed E-state index contributed by atoms with van der Waals surface area (Å²) in [5.74, 6) is -0.466. The number of aliphatic hydroxyl groups excluding tert-OH is 1. The van der Waals surface area contributed by atoms with Crippen LogP contribution in [0.3, 0.4) is 0 Å². The number of carbonyl (C=O) groups excluding carboxylic acids is 1. The first-order chi connectivity index (χ1) is 6.56. The van der Waals surface area contributed by atoms with Crippen LogP contribution >= 0.6 is 11.6 Å². The van der Waals surface area contributed by atoms with Crippen LogP contribution in [-0.4, -0.2) is 18.1 Å². The van der Waals surface area contributed by atoms with Crippen LogP contribution < -0.4 is 10.5 Å². The Bertz CT molecular complexity index is 354. The van der Waals surface area contributed by atoms with Gasteiger partial charge in [0.25, 0.3) is 5.91 Å². The molecular formula is C9H10ClNO3. The first-order valence-electron chi connectivity index (χ1n) is 3.87. The Morgan fingerprint density at radius 2 is 2.29 bits per heavy atom. The van der Waals surface area contributed by atoms with Gasteiger partial charge in [-0.25, -0.2) is 0 Å².